The van der Waals surface area contributed by atoms with Gasteiger partial charge in [-0.05, 0) is 116 Å². The van der Waals surface area contributed by atoms with Crippen molar-refractivity contribution in [3.8, 4) is 23.0 Å². The second kappa shape index (κ2) is 23.8. The van der Waals surface area contributed by atoms with Crippen LogP contribution in [0.2, 0.25) is 0 Å². The van der Waals surface area contributed by atoms with Crippen LogP contribution < -0.4 is 18.9 Å². The molecule has 344 valence electrons. The van der Waals surface area contributed by atoms with E-state index in [-0.39, 0.29) is 42.8 Å². The molecule has 0 saturated carbocycles. The number of aryl methyl sites for hydroxylation is 2. The zero-order valence-electron chi connectivity index (χ0n) is 37.3. The van der Waals surface area contributed by atoms with Crippen LogP contribution in [0.5, 0.6) is 23.0 Å². The summed E-state index contributed by atoms with van der Waals surface area (Å²) in [4.78, 5) is 2.09. The molecule has 0 fully saturated rings. The Morgan fingerprint density at radius 3 is 1.05 bits per heavy atom. The lowest BCUT2D eigenvalue weighted by Crippen LogP contribution is -2.30. The normalized spacial score (nSPS) is 11.7. The molecule has 2 heterocycles. The fourth-order valence-electron chi connectivity index (χ4n) is 6.45. The highest BCUT2D eigenvalue weighted by Crippen LogP contribution is 2.25. The lowest BCUT2D eigenvalue weighted by atomic mass is 10.2. The first-order chi connectivity index (χ1) is 30.8. The van der Waals surface area contributed by atoms with Crippen LogP contribution in [0, 0.1) is 0 Å². The molecule has 0 saturated heterocycles. The highest BCUT2D eigenvalue weighted by molar-refractivity contribution is 7.89. The number of hydrogen-bond acceptors (Lipinski definition) is 12. The summed E-state index contributed by atoms with van der Waals surface area (Å²) in [5.41, 5.74) is 3.38. The lowest BCUT2D eigenvalue weighted by Gasteiger charge is -2.21. The van der Waals surface area contributed by atoms with Crippen molar-refractivity contribution in [2.45, 2.75) is 62.2 Å². The standard InChI is InChI=1S/C24H32N4O4S.C22H27N3O5S/c1-26(2)15-5-16-27-17-14-24(25-27)33(29,30)28(18-20-6-10-22(31-3)11-7-20)19-21-8-12-23(32-4)13-9-21;1-29-20-8-4-18(5-9-20)16-25(17-19-6-10-21(30-2)11-7-19)31(27,28)22-12-14-24(23-22)13-3-15-26/h6-14,17H,5,15-16,18-19H2,1-4H3;4-12,14,26H,3,13,15-17H2,1-2H3. The molecule has 6 aromatic rings. The highest BCUT2D eigenvalue weighted by atomic mass is 32.2. The van der Waals surface area contributed by atoms with Crippen LogP contribution in [0.3, 0.4) is 0 Å². The minimum absolute atomic E-state index is 0.0169. The Kier molecular flexibility index (Phi) is 18.3. The molecule has 4 aromatic carbocycles. The number of aliphatic hydroxyl groups is 1. The van der Waals surface area contributed by atoms with Crippen molar-refractivity contribution in [3.63, 3.8) is 0 Å². The Balaban J connectivity index is 0.000000241. The van der Waals surface area contributed by atoms with E-state index < -0.39 is 20.0 Å². The molecule has 0 aliphatic rings. The second-order valence-electron chi connectivity index (χ2n) is 15.0. The van der Waals surface area contributed by atoms with Gasteiger partial charge in [0.05, 0.1) is 28.4 Å². The van der Waals surface area contributed by atoms with Crippen LogP contribution in [0.1, 0.15) is 35.1 Å². The minimum Gasteiger partial charge on any atom is -0.497 e. The van der Waals surface area contributed by atoms with E-state index in [0.29, 0.717) is 31.0 Å². The summed E-state index contributed by atoms with van der Waals surface area (Å²) < 4.78 is 80.9. The molecule has 18 heteroatoms. The topological polar surface area (TPSA) is 171 Å². The summed E-state index contributed by atoms with van der Waals surface area (Å²) in [7, 11) is 2.72. The molecule has 0 bridgehead atoms. The van der Waals surface area contributed by atoms with E-state index in [1.807, 2.05) is 86.9 Å². The minimum atomic E-state index is -3.86. The largest absolute Gasteiger partial charge is 0.497 e. The van der Waals surface area contributed by atoms with E-state index in [9.17, 15) is 16.8 Å². The van der Waals surface area contributed by atoms with Gasteiger partial charge in [-0.1, -0.05) is 48.5 Å². The van der Waals surface area contributed by atoms with E-state index in [1.54, 1.807) is 75.8 Å². The first kappa shape index (κ1) is 49.3. The molecule has 0 amide bonds. The summed E-state index contributed by atoms with van der Waals surface area (Å²) in [6.07, 6.45) is 4.72. The molecule has 0 aliphatic carbocycles. The average molecular weight is 918 g/mol. The van der Waals surface area contributed by atoms with E-state index in [4.69, 9.17) is 24.1 Å². The van der Waals surface area contributed by atoms with Crippen molar-refractivity contribution in [3.05, 3.63) is 144 Å². The molecule has 16 nitrogen and oxygen atoms in total. The quantitative estimate of drug-likeness (QED) is 0.0807. The monoisotopic (exact) mass is 917 g/mol. The van der Waals surface area contributed by atoms with Gasteiger partial charge in [-0.25, -0.2) is 16.8 Å². The van der Waals surface area contributed by atoms with Crippen molar-refractivity contribution < 1.29 is 40.9 Å². The number of benzene rings is 4. The number of ether oxygens (including phenoxy) is 4. The molecule has 0 unspecified atom stereocenters. The number of rotatable bonds is 23. The van der Waals surface area contributed by atoms with Crippen molar-refractivity contribution in [1.82, 2.24) is 33.1 Å². The van der Waals surface area contributed by atoms with E-state index in [1.165, 1.54) is 19.4 Å². The zero-order chi connectivity index (χ0) is 46.1. The van der Waals surface area contributed by atoms with Crippen molar-refractivity contribution in [2.24, 2.45) is 0 Å². The number of methoxy groups -OCH3 is 4. The smallest absolute Gasteiger partial charge is 0.262 e. The van der Waals surface area contributed by atoms with Gasteiger partial charge in [-0.3, -0.25) is 9.36 Å². The van der Waals surface area contributed by atoms with Gasteiger partial charge in [0.15, 0.2) is 10.1 Å². The summed E-state index contributed by atoms with van der Waals surface area (Å²) in [6, 6.07) is 32.4. The Labute approximate surface area is 377 Å². The molecule has 0 radical (unpaired) electrons. The maximum atomic E-state index is 13.6. The van der Waals surface area contributed by atoms with E-state index in [2.05, 4.69) is 15.1 Å². The van der Waals surface area contributed by atoms with Crippen LogP contribution in [0.25, 0.3) is 0 Å². The average Bonchev–Trinajstić information content (AvgIpc) is 4.00. The summed E-state index contributed by atoms with van der Waals surface area (Å²) >= 11 is 0. The highest BCUT2D eigenvalue weighted by Gasteiger charge is 2.29. The van der Waals surface area contributed by atoms with Crippen molar-refractivity contribution in [1.29, 1.82) is 0 Å². The molecule has 0 atom stereocenters. The second-order valence-corrected chi connectivity index (χ2v) is 18.8. The lowest BCUT2D eigenvalue weighted by molar-refractivity contribution is 0.276. The fraction of sp³-hybridized carbons (Fsp3) is 0.348. The molecule has 0 aliphatic heterocycles. The Bertz CT molecular complexity index is 2430. The fourth-order valence-corrected chi connectivity index (χ4v) is 9.13. The number of nitrogens with zero attached hydrogens (tertiary/aromatic N) is 7. The third-order valence-electron chi connectivity index (χ3n) is 10.1. The van der Waals surface area contributed by atoms with E-state index >= 15 is 0 Å². The van der Waals surface area contributed by atoms with Crippen LogP contribution in [-0.2, 0) is 59.3 Å². The van der Waals surface area contributed by atoms with E-state index in [0.717, 1.165) is 46.7 Å². The predicted molar refractivity (Wildman–Crippen MR) is 244 cm³/mol. The van der Waals surface area contributed by atoms with Gasteiger partial charge in [-0.2, -0.15) is 18.8 Å². The summed E-state index contributed by atoms with van der Waals surface area (Å²) in [5, 5.41) is 17.6. The molecular formula is C46H59N7O9S2. The summed E-state index contributed by atoms with van der Waals surface area (Å²) in [6.45, 7) is 2.82. The van der Waals surface area contributed by atoms with Crippen LogP contribution in [0.4, 0.5) is 0 Å². The summed E-state index contributed by atoms with van der Waals surface area (Å²) in [5.74, 6) is 2.85. The van der Waals surface area contributed by atoms with Gasteiger partial charge in [0.2, 0.25) is 0 Å². The van der Waals surface area contributed by atoms with Gasteiger partial charge in [0.25, 0.3) is 20.0 Å². The Morgan fingerprint density at radius 2 is 0.781 bits per heavy atom. The first-order valence-electron chi connectivity index (χ1n) is 20.6. The van der Waals surface area contributed by atoms with Crippen molar-refractivity contribution in [2.75, 3.05) is 55.7 Å². The molecular weight excluding hydrogens is 859 g/mol. The van der Waals surface area contributed by atoms with Crippen LogP contribution in [0.15, 0.2) is 132 Å². The molecule has 6 rings (SSSR count). The van der Waals surface area contributed by atoms with Crippen LogP contribution in [-0.4, -0.2) is 111 Å². The van der Waals surface area contributed by atoms with Gasteiger partial charge >= 0.3 is 0 Å². The molecule has 1 N–H and O–H groups in total. The van der Waals surface area contributed by atoms with Gasteiger partial charge in [0, 0.05) is 58.3 Å². The number of hydrogen-bond donors (Lipinski definition) is 1. The Morgan fingerprint density at radius 1 is 0.484 bits per heavy atom. The van der Waals surface area contributed by atoms with Crippen LogP contribution >= 0.6 is 0 Å². The third-order valence-corrected chi connectivity index (χ3v) is 13.4. The predicted octanol–water partition coefficient (Wildman–Crippen LogP) is 5.92. The number of sulfonamides is 2. The van der Waals surface area contributed by atoms with Crippen molar-refractivity contribution >= 4 is 20.0 Å². The van der Waals surface area contributed by atoms with Gasteiger partial charge < -0.3 is 29.0 Å². The molecule has 2 aromatic heterocycles. The third kappa shape index (κ3) is 14.1. The maximum Gasteiger partial charge on any atom is 0.262 e. The Hall–Kier alpha value is -5.76. The zero-order valence-corrected chi connectivity index (χ0v) is 38.9. The molecule has 64 heavy (non-hydrogen) atoms. The SMILES string of the molecule is COc1ccc(CN(Cc2ccc(OC)cc2)S(=O)(=O)c2ccn(CCCN(C)C)n2)cc1.COc1ccc(CN(Cc2ccc(OC)cc2)S(=O)(=O)c2ccn(CCCO)n2)cc1. The van der Waals surface area contributed by atoms with Gasteiger partial charge in [-0.15, -0.1) is 0 Å². The first-order valence-corrected chi connectivity index (χ1v) is 23.5. The number of aromatic nitrogens is 4. The maximum absolute atomic E-state index is 13.6. The molecule has 0 spiro atoms. The number of aliphatic hydroxyl groups excluding tert-OH is 1. The van der Waals surface area contributed by atoms with Gasteiger partial charge in [0.1, 0.15) is 23.0 Å².